The lowest BCUT2D eigenvalue weighted by molar-refractivity contribution is 0.527. The molecule has 0 spiro atoms. The van der Waals surface area contributed by atoms with Crippen LogP contribution >= 0.6 is 0 Å². The molecular formula is C15H22N4. The van der Waals surface area contributed by atoms with E-state index in [2.05, 4.69) is 46.6 Å². The van der Waals surface area contributed by atoms with E-state index in [1.165, 1.54) is 24.1 Å². The maximum absolute atomic E-state index is 4.20. The molecule has 19 heavy (non-hydrogen) atoms. The molecular weight excluding hydrogens is 236 g/mol. The van der Waals surface area contributed by atoms with Crippen molar-refractivity contribution in [1.82, 2.24) is 19.7 Å². The predicted octanol–water partition coefficient (Wildman–Crippen LogP) is 2.13. The summed E-state index contributed by atoms with van der Waals surface area (Å²) in [6.45, 7) is 1.01. The third-order valence-corrected chi connectivity index (χ3v) is 4.09. The van der Waals surface area contributed by atoms with Crippen LogP contribution in [0.25, 0.3) is 0 Å². The van der Waals surface area contributed by atoms with Gasteiger partial charge in [0.1, 0.15) is 0 Å². The highest BCUT2D eigenvalue weighted by atomic mass is 15.3. The summed E-state index contributed by atoms with van der Waals surface area (Å²) in [6, 6.07) is 4.88. The molecule has 0 radical (unpaired) electrons. The van der Waals surface area contributed by atoms with Crippen LogP contribution in [0.2, 0.25) is 0 Å². The first-order valence-electron chi connectivity index (χ1n) is 7.08. The fraction of sp³-hybridized carbons (Fsp3) is 0.533. The van der Waals surface area contributed by atoms with Crippen molar-refractivity contribution in [2.45, 2.75) is 31.8 Å². The first-order valence-corrected chi connectivity index (χ1v) is 7.08. The van der Waals surface area contributed by atoms with E-state index in [0.29, 0.717) is 6.04 Å². The molecule has 2 heterocycles. The van der Waals surface area contributed by atoms with Gasteiger partial charge in [0.25, 0.3) is 0 Å². The molecule has 1 aliphatic rings. The summed E-state index contributed by atoms with van der Waals surface area (Å²) in [5.41, 5.74) is 2.71. The Balaban J connectivity index is 1.63. The van der Waals surface area contributed by atoms with Crippen LogP contribution in [0.3, 0.4) is 0 Å². The number of hydrogen-bond acceptors (Lipinski definition) is 2. The van der Waals surface area contributed by atoms with Gasteiger partial charge in [-0.15, -0.1) is 0 Å². The van der Waals surface area contributed by atoms with Gasteiger partial charge in [-0.2, -0.15) is 5.10 Å². The van der Waals surface area contributed by atoms with Crippen molar-refractivity contribution in [3.8, 4) is 0 Å². The Morgan fingerprint density at radius 1 is 1.42 bits per heavy atom. The van der Waals surface area contributed by atoms with Crippen molar-refractivity contribution in [1.29, 1.82) is 0 Å². The van der Waals surface area contributed by atoms with Crippen molar-refractivity contribution in [2.75, 3.05) is 7.05 Å². The molecule has 1 atom stereocenters. The highest BCUT2D eigenvalue weighted by Gasteiger charge is 2.31. The van der Waals surface area contributed by atoms with Crippen LogP contribution in [-0.4, -0.2) is 21.4 Å². The van der Waals surface area contributed by atoms with E-state index in [1.807, 2.05) is 17.9 Å². The highest BCUT2D eigenvalue weighted by Crippen LogP contribution is 2.40. The first kappa shape index (κ1) is 12.5. The Morgan fingerprint density at radius 2 is 2.26 bits per heavy atom. The topological polar surface area (TPSA) is 34.8 Å². The van der Waals surface area contributed by atoms with E-state index in [0.717, 1.165) is 18.9 Å². The lowest BCUT2D eigenvalue weighted by Gasteiger charge is -2.13. The number of rotatable bonds is 6. The van der Waals surface area contributed by atoms with E-state index in [-0.39, 0.29) is 0 Å². The highest BCUT2D eigenvalue weighted by molar-refractivity contribution is 5.18. The minimum atomic E-state index is 0.540. The van der Waals surface area contributed by atoms with E-state index < -0.39 is 0 Å². The summed E-state index contributed by atoms with van der Waals surface area (Å²) in [5.74, 6) is 0.845. The van der Waals surface area contributed by atoms with Crippen LogP contribution < -0.4 is 5.32 Å². The quantitative estimate of drug-likeness (QED) is 0.861. The molecule has 4 nitrogen and oxygen atoms in total. The summed E-state index contributed by atoms with van der Waals surface area (Å²) >= 11 is 0. The van der Waals surface area contributed by atoms with Crippen LogP contribution in [0, 0.1) is 5.92 Å². The van der Waals surface area contributed by atoms with E-state index in [1.54, 1.807) is 0 Å². The standard InChI is InChI=1S/C15H22N4/c1-16-15(12-3-4-12)13-6-9-19(11-13)10-7-14-5-8-17-18(14)2/h5-6,8-9,11-12,15-16H,3-4,7,10H2,1-2H3. The largest absolute Gasteiger partial charge is 0.354 e. The molecule has 0 aromatic carbocycles. The maximum Gasteiger partial charge on any atom is 0.0492 e. The molecule has 1 saturated carbocycles. The second kappa shape index (κ2) is 5.21. The smallest absolute Gasteiger partial charge is 0.0492 e. The second-order valence-corrected chi connectivity index (χ2v) is 5.48. The molecule has 2 aromatic rings. The Bertz CT molecular complexity index is 536. The van der Waals surface area contributed by atoms with Crippen LogP contribution in [-0.2, 0) is 20.0 Å². The first-order chi connectivity index (χ1) is 9.28. The molecule has 0 bridgehead atoms. The number of nitrogens with one attached hydrogen (secondary N) is 1. The summed E-state index contributed by atoms with van der Waals surface area (Å²) in [7, 11) is 4.07. The summed E-state index contributed by atoms with van der Waals surface area (Å²) < 4.78 is 4.24. The van der Waals surface area contributed by atoms with E-state index in [9.17, 15) is 0 Å². The fourth-order valence-electron chi connectivity index (χ4n) is 2.78. The minimum absolute atomic E-state index is 0.540. The van der Waals surface area contributed by atoms with Gasteiger partial charge in [-0.25, -0.2) is 0 Å². The SMILES string of the molecule is CNC(c1ccn(CCc2ccnn2C)c1)C1CC1. The normalized spacial score (nSPS) is 16.7. The zero-order valence-corrected chi connectivity index (χ0v) is 11.7. The predicted molar refractivity (Wildman–Crippen MR) is 75.9 cm³/mol. The molecule has 3 rings (SSSR count). The summed E-state index contributed by atoms with van der Waals surface area (Å²) in [5, 5.41) is 7.65. The minimum Gasteiger partial charge on any atom is -0.354 e. The van der Waals surface area contributed by atoms with Crippen molar-refractivity contribution in [2.24, 2.45) is 13.0 Å². The van der Waals surface area contributed by atoms with Crippen molar-refractivity contribution >= 4 is 0 Å². The Labute approximate surface area is 114 Å². The molecule has 4 heteroatoms. The molecule has 0 saturated heterocycles. The van der Waals surface area contributed by atoms with E-state index >= 15 is 0 Å². The van der Waals surface area contributed by atoms with Gasteiger partial charge < -0.3 is 9.88 Å². The molecule has 1 aliphatic carbocycles. The van der Waals surface area contributed by atoms with Crippen molar-refractivity contribution in [3.63, 3.8) is 0 Å². The second-order valence-electron chi connectivity index (χ2n) is 5.48. The molecule has 102 valence electrons. The summed E-state index contributed by atoms with van der Waals surface area (Å²) in [4.78, 5) is 0. The number of aromatic nitrogens is 3. The van der Waals surface area contributed by atoms with Gasteiger partial charge >= 0.3 is 0 Å². The van der Waals surface area contributed by atoms with Gasteiger partial charge in [-0.05, 0) is 43.5 Å². The third-order valence-electron chi connectivity index (χ3n) is 4.09. The van der Waals surface area contributed by atoms with Crippen LogP contribution in [0.5, 0.6) is 0 Å². The number of hydrogen-bond donors (Lipinski definition) is 1. The molecule has 1 unspecified atom stereocenters. The fourth-order valence-corrected chi connectivity index (χ4v) is 2.78. The van der Waals surface area contributed by atoms with Gasteiger partial charge in [0.05, 0.1) is 0 Å². The van der Waals surface area contributed by atoms with Gasteiger partial charge in [0.15, 0.2) is 0 Å². The Hall–Kier alpha value is -1.55. The monoisotopic (exact) mass is 258 g/mol. The zero-order valence-electron chi connectivity index (χ0n) is 11.7. The molecule has 1 fully saturated rings. The van der Waals surface area contributed by atoms with Gasteiger partial charge in [-0.3, -0.25) is 4.68 Å². The number of aryl methyl sites for hydroxylation is 3. The third kappa shape index (κ3) is 2.73. The maximum atomic E-state index is 4.20. The van der Waals surface area contributed by atoms with Crippen LogP contribution in [0.15, 0.2) is 30.7 Å². The van der Waals surface area contributed by atoms with Gasteiger partial charge in [0.2, 0.25) is 0 Å². The zero-order chi connectivity index (χ0) is 13.2. The Morgan fingerprint density at radius 3 is 2.89 bits per heavy atom. The summed E-state index contributed by atoms with van der Waals surface area (Å²) in [6.07, 6.45) is 10.1. The lowest BCUT2D eigenvalue weighted by Crippen LogP contribution is -2.17. The van der Waals surface area contributed by atoms with Crippen LogP contribution in [0.4, 0.5) is 0 Å². The van der Waals surface area contributed by atoms with Gasteiger partial charge in [-0.1, -0.05) is 0 Å². The van der Waals surface area contributed by atoms with Crippen LogP contribution in [0.1, 0.15) is 30.1 Å². The van der Waals surface area contributed by atoms with Crippen molar-refractivity contribution in [3.05, 3.63) is 42.0 Å². The molecule has 1 N–H and O–H groups in total. The molecule has 2 aromatic heterocycles. The molecule has 0 amide bonds. The molecule has 0 aliphatic heterocycles. The number of nitrogens with zero attached hydrogens (tertiary/aromatic N) is 3. The van der Waals surface area contributed by atoms with E-state index in [4.69, 9.17) is 0 Å². The average Bonchev–Trinajstić information content (AvgIpc) is 2.98. The van der Waals surface area contributed by atoms with Gasteiger partial charge in [0, 0.05) is 50.3 Å². The lowest BCUT2D eigenvalue weighted by atomic mass is 10.1. The average molecular weight is 258 g/mol. The van der Waals surface area contributed by atoms with Crippen molar-refractivity contribution < 1.29 is 0 Å². The Kier molecular flexibility index (Phi) is 3.42.